The predicted octanol–water partition coefficient (Wildman–Crippen LogP) is 8.78. The highest BCUT2D eigenvalue weighted by atomic mass is 35.5. The first kappa shape index (κ1) is 35.5. The molecule has 0 N–H and O–H groups in total. The van der Waals surface area contributed by atoms with Crippen LogP contribution in [0.15, 0.2) is 72.4 Å². The van der Waals surface area contributed by atoms with Crippen molar-refractivity contribution in [2.75, 3.05) is 0 Å². The smallest absolute Gasteiger partial charge is 0.426 e. The third-order valence-electron chi connectivity index (χ3n) is 6.96. The molecule has 0 unspecified atom stereocenters. The molecule has 0 bridgehead atoms. The molecule has 4 aromatic heterocycles. The van der Waals surface area contributed by atoms with E-state index < -0.39 is 70.0 Å². The number of nitrogens with zero attached hydrogens (tertiary/aromatic N) is 5. The molecule has 4 heterocycles. The number of carbonyl (C=O) groups is 1. The van der Waals surface area contributed by atoms with Crippen molar-refractivity contribution < 1.29 is 44.7 Å². The van der Waals surface area contributed by atoms with Crippen molar-refractivity contribution in [1.29, 1.82) is 0 Å². The number of alkyl halides is 3. The van der Waals surface area contributed by atoms with E-state index in [2.05, 4.69) is 29.7 Å². The van der Waals surface area contributed by atoms with Gasteiger partial charge in [0.15, 0.2) is 29.1 Å². The Balaban J connectivity index is 0.000000191. The Bertz CT molecular complexity index is 2000. The van der Waals surface area contributed by atoms with Gasteiger partial charge in [0.1, 0.15) is 28.2 Å². The van der Waals surface area contributed by atoms with E-state index in [1.165, 1.54) is 23.6 Å². The summed E-state index contributed by atoms with van der Waals surface area (Å²) >= 11 is 6.46. The highest BCUT2D eigenvalue weighted by molar-refractivity contribution is 7.18. The van der Waals surface area contributed by atoms with E-state index in [0.717, 1.165) is 17.5 Å². The lowest BCUT2D eigenvalue weighted by Gasteiger charge is -2.10. The number of esters is 1. The third-order valence-corrected chi connectivity index (χ3v) is 8.37. The molecule has 1 aliphatic rings. The van der Waals surface area contributed by atoms with Crippen molar-refractivity contribution in [3.8, 4) is 32.7 Å². The first-order valence-electron chi connectivity index (χ1n) is 14.0. The zero-order chi connectivity index (χ0) is 35.5. The Kier molecular flexibility index (Phi) is 10.7. The van der Waals surface area contributed by atoms with Crippen LogP contribution in [0.25, 0.3) is 32.7 Å². The van der Waals surface area contributed by atoms with Crippen LogP contribution in [0.1, 0.15) is 17.5 Å². The largest absolute Gasteiger partial charge is 0.460 e. The Morgan fingerprint density at radius 2 is 1.63 bits per heavy atom. The molecular weight excluding hydrogens is 706 g/mol. The van der Waals surface area contributed by atoms with Crippen LogP contribution in [0.4, 0.5) is 35.1 Å². The van der Waals surface area contributed by atoms with E-state index >= 15 is 0 Å². The molecule has 7 nitrogen and oxygen atoms in total. The van der Waals surface area contributed by atoms with Gasteiger partial charge in [-0.15, -0.1) is 11.3 Å². The average Bonchev–Trinajstić information content (AvgIpc) is 3.68. The van der Waals surface area contributed by atoms with Gasteiger partial charge in [0, 0.05) is 35.9 Å². The molecule has 2 atom stereocenters. The molecule has 0 aliphatic heterocycles. The number of allylic oxidation sites excluding steroid dienone is 2. The van der Waals surface area contributed by atoms with E-state index in [-0.39, 0.29) is 12.2 Å². The number of hydrogen-bond donors (Lipinski definition) is 0. The lowest BCUT2D eigenvalue weighted by molar-refractivity contribution is -0.147. The van der Waals surface area contributed by atoms with E-state index in [1.54, 1.807) is 30.9 Å². The van der Waals surface area contributed by atoms with Gasteiger partial charge in [-0.05, 0) is 43.5 Å². The summed E-state index contributed by atoms with van der Waals surface area (Å²) in [6.07, 6.45) is 3.74. The molecule has 254 valence electrons. The van der Waals surface area contributed by atoms with Gasteiger partial charge in [-0.3, -0.25) is 9.78 Å². The second-order valence-electron chi connectivity index (χ2n) is 10.4. The van der Waals surface area contributed by atoms with E-state index in [4.69, 9.17) is 11.6 Å². The van der Waals surface area contributed by atoms with Gasteiger partial charge in [0.2, 0.25) is 0 Å². The van der Waals surface area contributed by atoms with Crippen molar-refractivity contribution in [2.45, 2.75) is 26.1 Å². The van der Waals surface area contributed by atoms with Gasteiger partial charge in [0.25, 0.3) is 0 Å². The number of thiazole rings is 1. The first-order chi connectivity index (χ1) is 23.2. The minimum atomic E-state index is -4.75. The fourth-order valence-corrected chi connectivity index (χ4v) is 5.33. The molecule has 0 radical (unpaired) electrons. The average molecular weight is 726 g/mol. The lowest BCUT2D eigenvalue weighted by Crippen LogP contribution is -2.13. The highest BCUT2D eigenvalue weighted by Gasteiger charge is 2.45. The Labute approximate surface area is 281 Å². The van der Waals surface area contributed by atoms with Crippen molar-refractivity contribution in [1.82, 2.24) is 24.9 Å². The zero-order valence-corrected chi connectivity index (χ0v) is 26.4. The third kappa shape index (κ3) is 8.43. The molecule has 1 fully saturated rings. The van der Waals surface area contributed by atoms with Gasteiger partial charge >= 0.3 is 12.1 Å². The van der Waals surface area contributed by atoms with Gasteiger partial charge < -0.3 is 4.74 Å². The van der Waals surface area contributed by atoms with E-state index in [9.17, 15) is 39.9 Å². The summed E-state index contributed by atoms with van der Waals surface area (Å²) in [6.45, 7) is -0.261. The first-order valence-corrected chi connectivity index (χ1v) is 15.2. The maximum Gasteiger partial charge on any atom is 0.426 e. The maximum atomic E-state index is 13.6. The summed E-state index contributed by atoms with van der Waals surface area (Å²) in [5.41, 5.74) is 0.131. The summed E-state index contributed by atoms with van der Waals surface area (Å²) in [5.74, 6) is -9.29. The Hall–Kier alpha value is -4.83. The van der Waals surface area contributed by atoms with Crippen molar-refractivity contribution in [2.24, 2.45) is 11.8 Å². The van der Waals surface area contributed by atoms with Gasteiger partial charge in [-0.25, -0.2) is 41.9 Å². The lowest BCUT2D eigenvalue weighted by atomic mass is 10.1. The molecule has 1 aromatic carbocycles. The summed E-state index contributed by atoms with van der Waals surface area (Å²) in [6, 6.07) is 8.83. The molecule has 1 saturated carbocycles. The number of pyridine rings is 2. The van der Waals surface area contributed by atoms with Crippen molar-refractivity contribution >= 4 is 28.9 Å². The summed E-state index contributed by atoms with van der Waals surface area (Å²) in [5, 5.41) is -0.701. The normalized spacial score (nSPS) is 15.8. The minimum absolute atomic E-state index is 0.00666. The monoisotopic (exact) mass is 725 g/mol. The molecule has 0 saturated heterocycles. The number of rotatable bonds is 7. The number of halogens is 9. The van der Waals surface area contributed by atoms with Crippen molar-refractivity contribution in [3.63, 3.8) is 0 Å². The second-order valence-corrected chi connectivity index (χ2v) is 11.8. The van der Waals surface area contributed by atoms with Crippen LogP contribution in [0.2, 0.25) is 0 Å². The maximum absolute atomic E-state index is 13.6. The fourth-order valence-electron chi connectivity index (χ4n) is 4.30. The minimum Gasteiger partial charge on any atom is -0.460 e. The molecule has 0 amide bonds. The zero-order valence-electron chi connectivity index (χ0n) is 24.8. The van der Waals surface area contributed by atoms with Crippen LogP contribution in [0.5, 0.6) is 0 Å². The van der Waals surface area contributed by atoms with Gasteiger partial charge in [0.05, 0.1) is 28.2 Å². The molecule has 0 spiro atoms. The number of ether oxygens (including phenoxy) is 1. The quantitative estimate of drug-likeness (QED) is 0.0942. The molecule has 17 heteroatoms. The van der Waals surface area contributed by atoms with Crippen LogP contribution in [0.3, 0.4) is 0 Å². The van der Waals surface area contributed by atoms with Crippen molar-refractivity contribution in [3.05, 3.63) is 113 Å². The summed E-state index contributed by atoms with van der Waals surface area (Å²) in [4.78, 5) is 33.8. The summed E-state index contributed by atoms with van der Waals surface area (Å²) in [7, 11) is 0. The summed E-state index contributed by atoms with van der Waals surface area (Å²) < 4.78 is 109. The highest BCUT2D eigenvalue weighted by Crippen LogP contribution is 2.44. The van der Waals surface area contributed by atoms with E-state index in [1.807, 2.05) is 18.2 Å². The van der Waals surface area contributed by atoms with Crippen LogP contribution >= 0.6 is 22.9 Å². The second kappa shape index (κ2) is 14.7. The van der Waals surface area contributed by atoms with Gasteiger partial charge in [-0.1, -0.05) is 23.7 Å². The van der Waals surface area contributed by atoms with Crippen LogP contribution < -0.4 is 0 Å². The molecular formula is C32H20ClF8N5O2S. The predicted molar refractivity (Wildman–Crippen MR) is 162 cm³/mol. The molecule has 49 heavy (non-hydrogen) atoms. The van der Waals surface area contributed by atoms with Gasteiger partial charge in [-0.2, -0.15) is 13.2 Å². The van der Waals surface area contributed by atoms with Crippen LogP contribution in [-0.2, 0) is 16.1 Å². The van der Waals surface area contributed by atoms with Crippen LogP contribution in [-0.4, -0.2) is 37.1 Å². The molecule has 1 aliphatic carbocycles. The fraction of sp³-hybridized carbons (Fsp3) is 0.188. The topological polar surface area (TPSA) is 90.8 Å². The Morgan fingerprint density at radius 3 is 2.29 bits per heavy atom. The number of carbonyl (C=O) groups excluding carboxylic acids is 1. The van der Waals surface area contributed by atoms with Crippen LogP contribution in [0, 0.1) is 47.8 Å². The Morgan fingerprint density at radius 1 is 0.959 bits per heavy atom. The van der Waals surface area contributed by atoms with E-state index in [0.29, 0.717) is 28.2 Å². The number of benzene rings is 1. The molecule has 6 rings (SSSR count). The number of aromatic nitrogens is 5. The SMILES string of the molecule is Cc1c(F)c(F)c(COC(=O)[C@@H]2C[C@@H]2/C=C(\Cl)C(F)(F)F)c(F)c1F.Fc1cncc(-c2ncc(-c3cccc(-c4ncccn4)n3)s2)c1. The number of hydrogen-bond acceptors (Lipinski definition) is 8. The standard InChI is InChI=1S/C17H10FN5S.C15H10ClF7O2/c18-12-7-11(8-19-9-12)17-22-10-15(24-17)13-3-1-4-14(23-13)16-20-5-2-6-21-16;1-5-10(17)12(19)8(13(20)11(5)18)4-25-14(24)7-2-6(7)3-9(16)15(21,22)23/h1-10H;3,6-7H,2,4H2,1H3/b;9-3-/t;6-,7-/m.1/s1. The molecule has 5 aromatic rings.